The van der Waals surface area contributed by atoms with E-state index < -0.39 is 6.03 Å². The molecule has 0 aliphatic carbocycles. The van der Waals surface area contributed by atoms with Gasteiger partial charge in [-0.15, -0.1) is 0 Å². The molecule has 1 aliphatic heterocycles. The number of methoxy groups -OCH3 is 1. The van der Waals surface area contributed by atoms with Crippen molar-refractivity contribution in [2.75, 3.05) is 38.7 Å². The van der Waals surface area contributed by atoms with Gasteiger partial charge in [-0.3, -0.25) is 4.79 Å². The number of anilines is 1. The molecule has 3 amide bonds. The van der Waals surface area contributed by atoms with Crippen LogP contribution in [0.2, 0.25) is 0 Å². The van der Waals surface area contributed by atoms with Crippen molar-refractivity contribution in [2.24, 2.45) is 0 Å². The number of benzene rings is 1. The molecule has 1 saturated heterocycles. The summed E-state index contributed by atoms with van der Waals surface area (Å²) in [6.45, 7) is 2.64. The van der Waals surface area contributed by atoms with Crippen molar-refractivity contribution in [3.05, 3.63) is 48.0 Å². The van der Waals surface area contributed by atoms with Crippen LogP contribution in [-0.2, 0) is 4.74 Å². The fraction of sp³-hybridized carbons (Fsp3) is 0.429. The number of hydrogen-bond acceptors (Lipinski definition) is 4. The normalized spacial score (nSPS) is 16.1. The lowest BCUT2D eigenvalue weighted by Gasteiger charge is -2.23. The number of urea groups is 1. The van der Waals surface area contributed by atoms with Gasteiger partial charge in [-0.2, -0.15) is 0 Å². The van der Waals surface area contributed by atoms with E-state index in [9.17, 15) is 14.0 Å². The molecule has 3 rings (SSSR count). The molecule has 0 spiro atoms. The van der Waals surface area contributed by atoms with Gasteiger partial charge in [-0.25, -0.2) is 9.18 Å². The Bertz CT molecular complexity index is 864. The van der Waals surface area contributed by atoms with Crippen molar-refractivity contribution >= 4 is 17.6 Å². The van der Waals surface area contributed by atoms with Crippen LogP contribution in [0.15, 0.2) is 36.7 Å². The predicted octanol–water partition coefficient (Wildman–Crippen LogP) is 2.26. The molecule has 1 aromatic carbocycles. The fourth-order valence-electron chi connectivity index (χ4n) is 3.34. The molecule has 2 aromatic rings. The Labute approximate surface area is 175 Å². The lowest BCUT2D eigenvalue weighted by atomic mass is 10.1. The van der Waals surface area contributed by atoms with Crippen LogP contribution in [0.3, 0.4) is 0 Å². The van der Waals surface area contributed by atoms with Crippen LogP contribution in [0.5, 0.6) is 0 Å². The molecule has 0 bridgehead atoms. The average molecular weight is 417 g/mol. The molecule has 8 nitrogen and oxygen atoms in total. The number of piperidine rings is 1. The Morgan fingerprint density at radius 2 is 2.20 bits per heavy atom. The zero-order chi connectivity index (χ0) is 21.3. The van der Waals surface area contributed by atoms with Crippen molar-refractivity contribution < 1.29 is 18.7 Å². The first-order chi connectivity index (χ1) is 14.6. The predicted molar refractivity (Wildman–Crippen MR) is 113 cm³/mol. The first kappa shape index (κ1) is 21.8. The van der Waals surface area contributed by atoms with Crippen LogP contribution in [0.1, 0.15) is 29.6 Å². The number of hydrogen-bond donors (Lipinski definition) is 4. The molecule has 1 aromatic heterocycles. The molecule has 1 atom stereocenters. The number of amides is 3. The van der Waals surface area contributed by atoms with Crippen LogP contribution in [0.4, 0.5) is 14.9 Å². The first-order valence-electron chi connectivity index (χ1n) is 10.1. The van der Waals surface area contributed by atoms with Gasteiger partial charge in [0.2, 0.25) is 0 Å². The van der Waals surface area contributed by atoms with E-state index in [1.54, 1.807) is 36.2 Å². The smallest absolute Gasteiger partial charge is 0.319 e. The Morgan fingerprint density at radius 3 is 2.93 bits per heavy atom. The van der Waals surface area contributed by atoms with Crippen LogP contribution in [0.25, 0.3) is 5.69 Å². The summed E-state index contributed by atoms with van der Waals surface area (Å²) in [5.41, 5.74) is 1.22. The summed E-state index contributed by atoms with van der Waals surface area (Å²) in [6, 6.07) is 5.64. The zero-order valence-electron chi connectivity index (χ0n) is 17.0. The molecule has 1 fully saturated rings. The van der Waals surface area contributed by atoms with E-state index in [-0.39, 0.29) is 17.8 Å². The van der Waals surface area contributed by atoms with Crippen molar-refractivity contribution in [3.8, 4) is 5.69 Å². The highest BCUT2D eigenvalue weighted by Gasteiger charge is 2.21. The van der Waals surface area contributed by atoms with Gasteiger partial charge >= 0.3 is 6.03 Å². The van der Waals surface area contributed by atoms with E-state index in [4.69, 9.17) is 4.74 Å². The number of halogens is 1. The summed E-state index contributed by atoms with van der Waals surface area (Å²) in [6.07, 6.45) is 5.77. The van der Waals surface area contributed by atoms with Gasteiger partial charge in [0.05, 0.1) is 11.3 Å². The summed E-state index contributed by atoms with van der Waals surface area (Å²) in [5.74, 6) is -0.667. The van der Waals surface area contributed by atoms with Gasteiger partial charge in [-0.1, -0.05) is 6.07 Å². The Morgan fingerprint density at radius 1 is 1.33 bits per heavy atom. The summed E-state index contributed by atoms with van der Waals surface area (Å²) >= 11 is 0. The van der Waals surface area contributed by atoms with E-state index in [0.717, 1.165) is 19.4 Å². The maximum atomic E-state index is 13.7. The van der Waals surface area contributed by atoms with E-state index in [0.29, 0.717) is 43.1 Å². The standard InChI is InChI=1S/C21H28FN5O3/c1-30-10-4-9-24-21(29)26-19-14-27(17-7-2-5-15(22)11-17)13-18(19)20(28)25-16-6-3-8-23-12-16/h2,5,7,11,13-14,16,23H,3-4,6,8-10,12H2,1H3,(H,25,28)(H2,24,26,29)/t16-/m0/s1. The van der Waals surface area contributed by atoms with Crippen LogP contribution in [-0.4, -0.2) is 55.9 Å². The van der Waals surface area contributed by atoms with Gasteiger partial charge in [0, 0.05) is 50.9 Å². The van der Waals surface area contributed by atoms with Crippen LogP contribution >= 0.6 is 0 Å². The number of aromatic nitrogens is 1. The van der Waals surface area contributed by atoms with E-state index in [1.165, 1.54) is 12.1 Å². The Hall–Kier alpha value is -2.91. The average Bonchev–Trinajstić information content (AvgIpc) is 3.16. The minimum atomic E-state index is -0.420. The lowest BCUT2D eigenvalue weighted by Crippen LogP contribution is -2.45. The third-order valence-corrected chi connectivity index (χ3v) is 4.87. The second-order valence-electron chi connectivity index (χ2n) is 7.22. The first-order valence-corrected chi connectivity index (χ1v) is 10.1. The zero-order valence-corrected chi connectivity index (χ0v) is 17.0. The van der Waals surface area contributed by atoms with Crippen molar-refractivity contribution in [1.82, 2.24) is 20.5 Å². The monoisotopic (exact) mass is 417 g/mol. The number of carbonyl (C=O) groups is 2. The molecule has 9 heteroatoms. The Kier molecular flexibility index (Phi) is 7.81. The minimum absolute atomic E-state index is 0.0273. The molecule has 30 heavy (non-hydrogen) atoms. The molecule has 0 saturated carbocycles. The van der Waals surface area contributed by atoms with Gasteiger partial charge in [0.25, 0.3) is 5.91 Å². The van der Waals surface area contributed by atoms with Gasteiger partial charge in [0.1, 0.15) is 5.82 Å². The molecule has 0 unspecified atom stereocenters. The van der Waals surface area contributed by atoms with Gasteiger partial charge in [-0.05, 0) is 44.0 Å². The summed E-state index contributed by atoms with van der Waals surface area (Å²) < 4.78 is 20.2. The molecule has 4 N–H and O–H groups in total. The number of ether oxygens (including phenoxy) is 1. The van der Waals surface area contributed by atoms with Crippen molar-refractivity contribution in [2.45, 2.75) is 25.3 Å². The lowest BCUT2D eigenvalue weighted by molar-refractivity contribution is 0.0931. The SMILES string of the molecule is COCCCNC(=O)Nc1cn(-c2cccc(F)c2)cc1C(=O)N[C@H]1CCCNC1. The van der Waals surface area contributed by atoms with Gasteiger partial charge in [0.15, 0.2) is 0 Å². The van der Waals surface area contributed by atoms with Crippen molar-refractivity contribution in [1.29, 1.82) is 0 Å². The van der Waals surface area contributed by atoms with Crippen LogP contribution in [0, 0.1) is 5.82 Å². The Balaban J connectivity index is 1.77. The molecule has 1 aliphatic rings. The molecule has 2 heterocycles. The third kappa shape index (κ3) is 6.04. The third-order valence-electron chi connectivity index (χ3n) is 4.87. The fourth-order valence-corrected chi connectivity index (χ4v) is 3.34. The van der Waals surface area contributed by atoms with Crippen molar-refractivity contribution in [3.63, 3.8) is 0 Å². The van der Waals surface area contributed by atoms with Gasteiger partial charge < -0.3 is 30.6 Å². The maximum absolute atomic E-state index is 13.7. The minimum Gasteiger partial charge on any atom is -0.385 e. The highest BCUT2D eigenvalue weighted by atomic mass is 19.1. The molecular formula is C21H28FN5O3. The maximum Gasteiger partial charge on any atom is 0.319 e. The van der Waals surface area contributed by atoms with E-state index >= 15 is 0 Å². The van der Waals surface area contributed by atoms with E-state index in [2.05, 4.69) is 21.3 Å². The van der Waals surface area contributed by atoms with Crippen LogP contribution < -0.4 is 21.3 Å². The summed E-state index contributed by atoms with van der Waals surface area (Å²) in [4.78, 5) is 25.2. The second-order valence-corrected chi connectivity index (χ2v) is 7.22. The molecular weight excluding hydrogens is 389 g/mol. The highest BCUT2D eigenvalue weighted by Crippen LogP contribution is 2.22. The number of carbonyl (C=O) groups excluding carboxylic acids is 2. The number of nitrogens with zero attached hydrogens (tertiary/aromatic N) is 1. The number of nitrogens with one attached hydrogen (secondary N) is 4. The topological polar surface area (TPSA) is 96.4 Å². The molecule has 162 valence electrons. The largest absolute Gasteiger partial charge is 0.385 e. The summed E-state index contributed by atoms with van der Waals surface area (Å²) in [5, 5.41) is 11.7. The van der Waals surface area contributed by atoms with E-state index in [1.807, 2.05) is 0 Å². The molecule has 0 radical (unpaired) electrons. The summed E-state index contributed by atoms with van der Waals surface area (Å²) in [7, 11) is 1.60. The second kappa shape index (κ2) is 10.7. The number of rotatable bonds is 8. The quantitative estimate of drug-likeness (QED) is 0.496. The highest BCUT2D eigenvalue weighted by molar-refractivity contribution is 6.03.